The lowest BCUT2D eigenvalue weighted by Crippen LogP contribution is -2.38. The van der Waals surface area contributed by atoms with E-state index in [2.05, 4.69) is 10.0 Å². The Morgan fingerprint density at radius 3 is 2.28 bits per heavy atom. The number of likely N-dealkylation sites (tertiary alicyclic amines) is 1. The van der Waals surface area contributed by atoms with Crippen LogP contribution in [0, 0.1) is 0 Å². The summed E-state index contributed by atoms with van der Waals surface area (Å²) in [5, 5.41) is 3.69. The van der Waals surface area contributed by atoms with E-state index in [1.165, 1.54) is 30.3 Å². The van der Waals surface area contributed by atoms with Gasteiger partial charge in [0.15, 0.2) is 0 Å². The molecule has 0 aromatic heterocycles. The third-order valence-corrected chi connectivity index (χ3v) is 5.52. The van der Waals surface area contributed by atoms with Crippen molar-refractivity contribution in [3.8, 4) is 0 Å². The average Bonchev–Trinajstić information content (AvgIpc) is 3.26. The van der Waals surface area contributed by atoms with Crippen LogP contribution in [0.2, 0.25) is 0 Å². The molecule has 1 aliphatic rings. The minimum atomic E-state index is -3.68. The van der Waals surface area contributed by atoms with E-state index in [1.807, 2.05) is 18.2 Å². The van der Waals surface area contributed by atoms with Crippen LogP contribution in [-0.4, -0.2) is 44.8 Å². The zero-order valence-corrected chi connectivity index (χ0v) is 16.7. The molecule has 8 heteroatoms. The van der Waals surface area contributed by atoms with Crippen LogP contribution in [0.15, 0.2) is 60.0 Å². The first-order chi connectivity index (χ1) is 13.9. The van der Waals surface area contributed by atoms with Crippen molar-refractivity contribution in [3.05, 3.63) is 71.1 Å². The van der Waals surface area contributed by atoms with Crippen molar-refractivity contribution < 1.29 is 18.0 Å². The number of nitrogens with one attached hydrogen (secondary N) is 2. The number of hydrogen-bond donors (Lipinski definition) is 2. The topological polar surface area (TPSA) is 95.6 Å². The first kappa shape index (κ1) is 20.6. The average molecular weight is 413 g/mol. The van der Waals surface area contributed by atoms with Crippen molar-refractivity contribution in [3.63, 3.8) is 0 Å². The van der Waals surface area contributed by atoms with Crippen molar-refractivity contribution >= 4 is 33.6 Å². The van der Waals surface area contributed by atoms with E-state index in [-0.39, 0.29) is 18.4 Å². The Labute approximate surface area is 170 Å². The summed E-state index contributed by atoms with van der Waals surface area (Å²) >= 11 is 0. The summed E-state index contributed by atoms with van der Waals surface area (Å²) in [5.74, 6) is -0.471. The summed E-state index contributed by atoms with van der Waals surface area (Å²) in [4.78, 5) is 25.9. The second-order valence-corrected chi connectivity index (χ2v) is 8.27. The summed E-state index contributed by atoms with van der Waals surface area (Å²) in [7, 11) is -3.68. The molecule has 1 aliphatic heterocycles. The summed E-state index contributed by atoms with van der Waals surface area (Å²) in [6.45, 7) is 1.43. The smallest absolute Gasteiger partial charge is 0.255 e. The van der Waals surface area contributed by atoms with Crippen LogP contribution in [0.3, 0.4) is 0 Å². The lowest BCUT2D eigenvalue weighted by molar-refractivity contribution is -0.129. The quantitative estimate of drug-likeness (QED) is 0.729. The van der Waals surface area contributed by atoms with Crippen molar-refractivity contribution in [2.75, 3.05) is 24.4 Å². The van der Waals surface area contributed by atoms with E-state index in [0.29, 0.717) is 11.3 Å². The summed E-state index contributed by atoms with van der Waals surface area (Å²) in [6, 6.07) is 15.1. The Hall–Kier alpha value is -3.13. The Bertz CT molecular complexity index is 980. The molecule has 1 saturated heterocycles. The monoisotopic (exact) mass is 413 g/mol. The van der Waals surface area contributed by atoms with Crippen LogP contribution in [0.1, 0.15) is 28.8 Å². The van der Waals surface area contributed by atoms with Gasteiger partial charge in [-0.3, -0.25) is 14.3 Å². The second-order valence-electron chi connectivity index (χ2n) is 6.71. The van der Waals surface area contributed by atoms with E-state index in [4.69, 9.17) is 0 Å². The van der Waals surface area contributed by atoms with Crippen LogP contribution in [0.4, 0.5) is 5.69 Å². The van der Waals surface area contributed by atoms with E-state index < -0.39 is 10.0 Å². The number of rotatable bonds is 7. The number of nitrogens with zero attached hydrogens (tertiary/aromatic N) is 1. The summed E-state index contributed by atoms with van der Waals surface area (Å²) in [6.07, 6.45) is 3.50. The third-order valence-electron chi connectivity index (χ3n) is 4.51. The molecule has 0 unspecified atom stereocenters. The predicted molar refractivity (Wildman–Crippen MR) is 113 cm³/mol. The molecule has 0 aliphatic carbocycles. The maximum atomic E-state index is 12.2. The predicted octanol–water partition coefficient (Wildman–Crippen LogP) is 2.45. The van der Waals surface area contributed by atoms with Gasteiger partial charge in [-0.1, -0.05) is 30.3 Å². The fraction of sp³-hybridized carbons (Fsp3) is 0.238. The molecule has 0 radical (unpaired) electrons. The summed E-state index contributed by atoms with van der Waals surface area (Å²) < 4.78 is 26.8. The molecule has 3 rings (SSSR count). The van der Waals surface area contributed by atoms with E-state index in [9.17, 15) is 18.0 Å². The number of carbonyl (C=O) groups is 2. The largest absolute Gasteiger partial charge is 0.343 e. The highest BCUT2D eigenvalue weighted by Gasteiger charge is 2.18. The number of amides is 2. The van der Waals surface area contributed by atoms with Gasteiger partial charge in [-0.15, -0.1) is 0 Å². The van der Waals surface area contributed by atoms with Gasteiger partial charge in [0.2, 0.25) is 5.91 Å². The molecule has 0 atom stereocenters. The van der Waals surface area contributed by atoms with Crippen molar-refractivity contribution in [2.45, 2.75) is 12.8 Å². The van der Waals surface area contributed by atoms with Gasteiger partial charge in [0, 0.05) is 24.3 Å². The molecular weight excluding hydrogens is 390 g/mol. The van der Waals surface area contributed by atoms with E-state index in [1.54, 1.807) is 17.0 Å². The van der Waals surface area contributed by atoms with E-state index in [0.717, 1.165) is 36.9 Å². The first-order valence-electron chi connectivity index (χ1n) is 9.35. The molecule has 0 spiro atoms. The molecule has 2 N–H and O–H groups in total. The molecule has 1 heterocycles. The third kappa shape index (κ3) is 6.18. The summed E-state index contributed by atoms with van der Waals surface area (Å²) in [5.41, 5.74) is 1.46. The molecule has 1 fully saturated rings. The van der Waals surface area contributed by atoms with Crippen molar-refractivity contribution in [2.24, 2.45) is 0 Å². The van der Waals surface area contributed by atoms with Gasteiger partial charge in [0.05, 0.1) is 12.0 Å². The molecular formula is C21H23N3O4S. The van der Waals surface area contributed by atoms with Crippen LogP contribution >= 0.6 is 0 Å². The highest BCUT2D eigenvalue weighted by atomic mass is 32.2. The molecule has 0 bridgehead atoms. The standard InChI is InChI=1S/C21H23N3O4S/c25-20(24-13-4-5-14-24)16-22-21(26)18-8-10-19(11-9-18)23-29(27,28)15-12-17-6-2-1-3-7-17/h1-3,6-12,15,23H,4-5,13-14,16H2,(H,22,26)/b15-12+. The van der Waals surface area contributed by atoms with Gasteiger partial charge in [-0.05, 0) is 48.7 Å². The Morgan fingerprint density at radius 1 is 0.966 bits per heavy atom. The zero-order valence-electron chi connectivity index (χ0n) is 15.9. The van der Waals surface area contributed by atoms with Gasteiger partial charge in [0.1, 0.15) is 0 Å². The van der Waals surface area contributed by atoms with Gasteiger partial charge in [-0.25, -0.2) is 8.42 Å². The minimum absolute atomic E-state index is 0.0442. The highest BCUT2D eigenvalue weighted by Crippen LogP contribution is 2.13. The van der Waals surface area contributed by atoms with Gasteiger partial charge < -0.3 is 10.2 Å². The number of carbonyl (C=O) groups excluding carboxylic acids is 2. The number of hydrogen-bond acceptors (Lipinski definition) is 4. The molecule has 2 aromatic carbocycles. The van der Waals surface area contributed by atoms with Gasteiger partial charge in [0.25, 0.3) is 15.9 Å². The normalized spacial score (nSPS) is 14.1. The highest BCUT2D eigenvalue weighted by molar-refractivity contribution is 7.95. The number of anilines is 1. The van der Waals surface area contributed by atoms with Crippen LogP contribution in [0.5, 0.6) is 0 Å². The van der Waals surface area contributed by atoms with Gasteiger partial charge in [-0.2, -0.15) is 0 Å². The Morgan fingerprint density at radius 2 is 1.62 bits per heavy atom. The SMILES string of the molecule is O=C(NCC(=O)N1CCCC1)c1ccc(NS(=O)(=O)/C=C/c2ccccc2)cc1. The molecule has 7 nitrogen and oxygen atoms in total. The fourth-order valence-corrected chi connectivity index (χ4v) is 3.83. The molecule has 2 amide bonds. The lowest BCUT2D eigenvalue weighted by atomic mass is 10.2. The minimum Gasteiger partial charge on any atom is -0.343 e. The van der Waals surface area contributed by atoms with Crippen LogP contribution in [0.25, 0.3) is 6.08 Å². The zero-order chi connectivity index (χ0) is 20.7. The Kier molecular flexibility index (Phi) is 6.66. The van der Waals surface area contributed by atoms with Crippen LogP contribution in [-0.2, 0) is 14.8 Å². The van der Waals surface area contributed by atoms with Gasteiger partial charge >= 0.3 is 0 Å². The number of sulfonamides is 1. The lowest BCUT2D eigenvalue weighted by Gasteiger charge is -2.15. The molecule has 0 saturated carbocycles. The van der Waals surface area contributed by atoms with Crippen molar-refractivity contribution in [1.82, 2.24) is 10.2 Å². The Balaban J connectivity index is 1.54. The maximum Gasteiger partial charge on any atom is 0.255 e. The van der Waals surface area contributed by atoms with Crippen molar-refractivity contribution in [1.29, 1.82) is 0 Å². The van der Waals surface area contributed by atoms with E-state index >= 15 is 0 Å². The molecule has 152 valence electrons. The first-order valence-corrected chi connectivity index (χ1v) is 10.9. The fourth-order valence-electron chi connectivity index (χ4n) is 2.96. The van der Waals surface area contributed by atoms with Crippen LogP contribution < -0.4 is 10.0 Å². The molecule has 2 aromatic rings. The second kappa shape index (κ2) is 9.38. The number of benzene rings is 2. The maximum absolute atomic E-state index is 12.2. The molecule has 29 heavy (non-hydrogen) atoms.